The van der Waals surface area contributed by atoms with Crippen LogP contribution in [-0.2, 0) is 15.8 Å². The molecule has 0 fully saturated rings. The van der Waals surface area contributed by atoms with E-state index in [9.17, 15) is 32.7 Å². The smallest absolute Gasteiger partial charge is 0.416 e. The fourth-order valence-electron chi connectivity index (χ4n) is 3.28. The second-order valence-electron chi connectivity index (χ2n) is 8.25. The van der Waals surface area contributed by atoms with Crippen molar-refractivity contribution in [1.29, 1.82) is 0 Å². The lowest BCUT2D eigenvalue weighted by molar-refractivity contribution is -0.137. The molecule has 3 aromatic rings. The minimum Gasteiger partial charge on any atom is -0.478 e. The third-order valence-electron chi connectivity index (χ3n) is 5.22. The van der Waals surface area contributed by atoms with E-state index in [1.54, 1.807) is 12.1 Å². The summed E-state index contributed by atoms with van der Waals surface area (Å²) in [6.07, 6.45) is -3.30. The number of carboxylic acids is 1. The highest BCUT2D eigenvalue weighted by atomic mass is 19.4. The second kappa shape index (κ2) is 10.9. The summed E-state index contributed by atoms with van der Waals surface area (Å²) in [5.74, 6) is -2.74. The predicted molar refractivity (Wildman–Crippen MR) is 131 cm³/mol. The average Bonchev–Trinajstić information content (AvgIpc) is 2.82. The number of nitrogens with one attached hydrogen (secondary N) is 2. The van der Waals surface area contributed by atoms with Gasteiger partial charge in [-0.15, -0.1) is 0 Å². The fourth-order valence-corrected chi connectivity index (χ4v) is 3.28. The van der Waals surface area contributed by atoms with Gasteiger partial charge in [-0.2, -0.15) is 13.2 Å². The van der Waals surface area contributed by atoms with E-state index in [0.717, 1.165) is 23.8 Å². The Kier molecular flexibility index (Phi) is 7.93. The first kappa shape index (κ1) is 26.2. The van der Waals surface area contributed by atoms with Crippen molar-refractivity contribution in [2.24, 2.45) is 0 Å². The molecule has 0 bridgehead atoms. The van der Waals surface area contributed by atoms with Gasteiger partial charge in [-0.3, -0.25) is 9.59 Å². The molecule has 0 radical (unpaired) electrons. The molecule has 0 aliphatic carbocycles. The van der Waals surface area contributed by atoms with Crippen LogP contribution >= 0.6 is 0 Å². The summed E-state index contributed by atoms with van der Waals surface area (Å²) in [4.78, 5) is 37.3. The Labute approximate surface area is 205 Å². The minimum atomic E-state index is -4.61. The highest BCUT2D eigenvalue weighted by Crippen LogP contribution is 2.31. The molecule has 3 rings (SSSR count). The molecule has 3 N–H and O–H groups in total. The third-order valence-corrected chi connectivity index (χ3v) is 5.22. The molecule has 3 aromatic carbocycles. The summed E-state index contributed by atoms with van der Waals surface area (Å²) in [7, 11) is 0. The number of aromatic carboxylic acids is 1. The molecule has 186 valence electrons. The van der Waals surface area contributed by atoms with E-state index < -0.39 is 29.5 Å². The molecule has 0 aromatic heterocycles. The molecule has 0 aliphatic rings. The van der Waals surface area contributed by atoms with Crippen LogP contribution < -0.4 is 10.6 Å². The molecular weight excluding hydrogens is 473 g/mol. The van der Waals surface area contributed by atoms with Gasteiger partial charge in [-0.1, -0.05) is 50.2 Å². The van der Waals surface area contributed by atoms with Crippen LogP contribution in [0.25, 0.3) is 6.08 Å². The molecule has 0 saturated carbocycles. The number of halogens is 3. The largest absolute Gasteiger partial charge is 0.478 e. The van der Waals surface area contributed by atoms with Crippen molar-refractivity contribution in [1.82, 2.24) is 0 Å². The number of carbonyl (C=O) groups excluding carboxylic acids is 2. The lowest BCUT2D eigenvalue weighted by Gasteiger charge is -2.13. The average molecular weight is 496 g/mol. The van der Waals surface area contributed by atoms with Gasteiger partial charge in [0.1, 0.15) is 5.57 Å². The Morgan fingerprint density at radius 3 is 1.92 bits per heavy atom. The number of amides is 2. The van der Waals surface area contributed by atoms with Gasteiger partial charge in [0.2, 0.25) is 0 Å². The summed E-state index contributed by atoms with van der Waals surface area (Å²) < 4.78 is 39.2. The zero-order chi connectivity index (χ0) is 26.5. The molecule has 36 heavy (non-hydrogen) atoms. The van der Waals surface area contributed by atoms with Crippen molar-refractivity contribution < 1.29 is 32.7 Å². The van der Waals surface area contributed by atoms with Gasteiger partial charge in [0.05, 0.1) is 11.1 Å². The monoisotopic (exact) mass is 496 g/mol. The molecule has 0 saturated heterocycles. The standard InChI is InChI=1S/C27H23F3N2O4/c1-16(2)18-11-9-17(10-12-18)13-23(24(33)31-21-7-3-5-19(14-21)26(35)36)25(34)32-22-8-4-6-20(15-22)27(28,29)30/h3-16H,1-2H3,(H,31,33)(H,32,34)(H,35,36). The first-order chi connectivity index (χ1) is 16.9. The van der Waals surface area contributed by atoms with Crippen molar-refractivity contribution in [3.63, 3.8) is 0 Å². The van der Waals surface area contributed by atoms with E-state index >= 15 is 0 Å². The van der Waals surface area contributed by atoms with Gasteiger partial charge in [0.25, 0.3) is 11.8 Å². The maximum atomic E-state index is 13.1. The van der Waals surface area contributed by atoms with Crippen LogP contribution in [0.5, 0.6) is 0 Å². The van der Waals surface area contributed by atoms with Crippen molar-refractivity contribution in [3.8, 4) is 0 Å². The van der Waals surface area contributed by atoms with Gasteiger partial charge in [-0.05, 0) is 59.5 Å². The Morgan fingerprint density at radius 1 is 0.833 bits per heavy atom. The van der Waals surface area contributed by atoms with E-state index in [2.05, 4.69) is 10.6 Å². The van der Waals surface area contributed by atoms with Crippen LogP contribution in [0.1, 0.15) is 46.8 Å². The van der Waals surface area contributed by atoms with Gasteiger partial charge in [0.15, 0.2) is 0 Å². The summed E-state index contributed by atoms with van der Waals surface area (Å²) in [6, 6.07) is 16.6. The summed E-state index contributed by atoms with van der Waals surface area (Å²) in [5, 5.41) is 14.0. The molecular formula is C27H23F3N2O4. The van der Waals surface area contributed by atoms with E-state index in [1.165, 1.54) is 36.4 Å². The van der Waals surface area contributed by atoms with E-state index in [-0.39, 0.29) is 28.4 Å². The molecule has 0 aliphatic heterocycles. The zero-order valence-corrected chi connectivity index (χ0v) is 19.4. The quantitative estimate of drug-likeness (QED) is 0.207. The van der Waals surface area contributed by atoms with Gasteiger partial charge >= 0.3 is 12.1 Å². The zero-order valence-electron chi connectivity index (χ0n) is 19.4. The number of benzene rings is 3. The van der Waals surface area contributed by atoms with Crippen molar-refractivity contribution in [2.75, 3.05) is 10.6 Å². The number of alkyl halides is 3. The van der Waals surface area contributed by atoms with Gasteiger partial charge in [-0.25, -0.2) is 4.79 Å². The second-order valence-corrected chi connectivity index (χ2v) is 8.25. The molecule has 9 heteroatoms. The lowest BCUT2D eigenvalue weighted by Crippen LogP contribution is -2.25. The number of hydrogen-bond donors (Lipinski definition) is 3. The first-order valence-electron chi connectivity index (χ1n) is 10.9. The Balaban J connectivity index is 1.95. The molecule has 0 heterocycles. The molecule has 0 spiro atoms. The van der Waals surface area contributed by atoms with Crippen LogP contribution in [-0.4, -0.2) is 22.9 Å². The Bertz CT molecular complexity index is 1310. The normalized spacial score (nSPS) is 11.8. The van der Waals surface area contributed by atoms with Crippen LogP contribution in [0.2, 0.25) is 0 Å². The van der Waals surface area contributed by atoms with Gasteiger partial charge < -0.3 is 15.7 Å². The molecule has 0 atom stereocenters. The number of anilines is 2. The summed E-state index contributed by atoms with van der Waals surface area (Å²) in [5.41, 5.74) is 0.135. The van der Waals surface area contributed by atoms with Crippen LogP contribution in [0.4, 0.5) is 24.5 Å². The summed E-state index contributed by atoms with van der Waals surface area (Å²) in [6.45, 7) is 4.02. The third kappa shape index (κ3) is 6.82. The number of carbonyl (C=O) groups is 3. The highest BCUT2D eigenvalue weighted by molar-refractivity contribution is 6.28. The summed E-state index contributed by atoms with van der Waals surface area (Å²) >= 11 is 0. The van der Waals surface area contributed by atoms with E-state index in [1.807, 2.05) is 26.0 Å². The first-order valence-corrected chi connectivity index (χ1v) is 10.9. The lowest BCUT2D eigenvalue weighted by atomic mass is 10.0. The number of rotatable bonds is 7. The van der Waals surface area contributed by atoms with Crippen LogP contribution in [0.15, 0.2) is 78.4 Å². The van der Waals surface area contributed by atoms with E-state index in [4.69, 9.17) is 0 Å². The SMILES string of the molecule is CC(C)c1ccc(C=C(C(=O)Nc2cccc(C(=O)O)c2)C(=O)Nc2cccc(C(F)(F)F)c2)cc1. The number of carboxylic acid groups (broad SMARTS) is 1. The fraction of sp³-hybridized carbons (Fsp3) is 0.148. The van der Waals surface area contributed by atoms with Crippen LogP contribution in [0, 0.1) is 0 Å². The predicted octanol–water partition coefficient (Wildman–Crippen LogP) is 6.19. The van der Waals surface area contributed by atoms with Crippen LogP contribution in [0.3, 0.4) is 0 Å². The van der Waals surface area contributed by atoms with Crippen molar-refractivity contribution in [3.05, 3.63) is 101 Å². The molecule has 6 nitrogen and oxygen atoms in total. The maximum absolute atomic E-state index is 13.1. The number of hydrogen-bond acceptors (Lipinski definition) is 3. The Hall–Kier alpha value is -4.40. The highest BCUT2D eigenvalue weighted by Gasteiger charge is 2.30. The van der Waals surface area contributed by atoms with Crippen molar-refractivity contribution >= 4 is 35.2 Å². The van der Waals surface area contributed by atoms with Gasteiger partial charge in [0, 0.05) is 11.4 Å². The van der Waals surface area contributed by atoms with E-state index in [0.29, 0.717) is 5.56 Å². The van der Waals surface area contributed by atoms with Crippen molar-refractivity contribution in [2.45, 2.75) is 25.9 Å². The Morgan fingerprint density at radius 2 is 1.39 bits per heavy atom. The minimum absolute atomic E-state index is 0.0731. The molecule has 0 unspecified atom stereocenters. The maximum Gasteiger partial charge on any atom is 0.416 e. The topological polar surface area (TPSA) is 95.5 Å². The molecule has 2 amide bonds.